The van der Waals surface area contributed by atoms with E-state index in [0.717, 1.165) is 18.2 Å². The summed E-state index contributed by atoms with van der Waals surface area (Å²) in [5, 5.41) is 10.9. The highest BCUT2D eigenvalue weighted by Gasteiger charge is 2.11. The van der Waals surface area contributed by atoms with Gasteiger partial charge in [0.05, 0.1) is 10.5 Å². The molecule has 0 atom stereocenters. The van der Waals surface area contributed by atoms with Crippen molar-refractivity contribution in [2.24, 2.45) is 0 Å². The van der Waals surface area contributed by atoms with Crippen LogP contribution in [0.2, 0.25) is 5.02 Å². The predicted octanol–water partition coefficient (Wildman–Crippen LogP) is 4.42. The van der Waals surface area contributed by atoms with Crippen molar-refractivity contribution < 1.29 is 18.5 Å². The summed E-state index contributed by atoms with van der Waals surface area (Å²) in [7, 11) is 0. The minimum atomic E-state index is -0.986. The van der Waals surface area contributed by atoms with E-state index >= 15 is 0 Å². The van der Waals surface area contributed by atoms with E-state index in [1.165, 1.54) is 24.3 Å². The van der Waals surface area contributed by atoms with Crippen LogP contribution in [0, 0.1) is 21.7 Å². The number of carbonyl (C=O) groups is 1. The first kappa shape index (κ1) is 15.8. The molecule has 0 heterocycles. The maximum absolute atomic E-state index is 13.5. The Kier molecular flexibility index (Phi) is 4.62. The van der Waals surface area contributed by atoms with E-state index in [0.29, 0.717) is 6.07 Å². The van der Waals surface area contributed by atoms with Gasteiger partial charge in [-0.3, -0.25) is 14.9 Å². The second kappa shape index (κ2) is 6.44. The number of nitro groups is 1. The Labute approximate surface area is 128 Å². The molecule has 0 bridgehead atoms. The van der Waals surface area contributed by atoms with Gasteiger partial charge in [-0.15, -0.1) is 0 Å². The van der Waals surface area contributed by atoms with Gasteiger partial charge in [0.1, 0.15) is 11.6 Å². The normalized spacial score (nSPS) is 10.9. The van der Waals surface area contributed by atoms with E-state index in [1.807, 2.05) is 0 Å². The van der Waals surface area contributed by atoms with Gasteiger partial charge in [0.15, 0.2) is 5.78 Å². The largest absolute Gasteiger partial charge is 0.289 e. The zero-order chi connectivity index (χ0) is 16.3. The summed E-state index contributed by atoms with van der Waals surface area (Å²) in [4.78, 5) is 21.9. The summed E-state index contributed by atoms with van der Waals surface area (Å²) in [5.74, 6) is -2.49. The Bertz CT molecular complexity index is 790. The Hall–Kier alpha value is -2.60. The van der Waals surface area contributed by atoms with Gasteiger partial charge < -0.3 is 0 Å². The third kappa shape index (κ3) is 3.53. The van der Waals surface area contributed by atoms with Crippen LogP contribution in [-0.2, 0) is 0 Å². The Morgan fingerprint density at radius 1 is 1.18 bits per heavy atom. The standard InChI is InChI=1S/C15H8ClF2NO3/c16-13-5-3-11(19(21)22)7-9(13)1-6-15(20)12-4-2-10(17)8-14(12)18/h1-8H/b6-1+. The van der Waals surface area contributed by atoms with Crippen molar-refractivity contribution in [1.29, 1.82) is 0 Å². The lowest BCUT2D eigenvalue weighted by Crippen LogP contribution is -1.99. The molecule has 2 rings (SSSR count). The lowest BCUT2D eigenvalue weighted by Gasteiger charge is -2.00. The van der Waals surface area contributed by atoms with Gasteiger partial charge in [-0.05, 0) is 35.9 Å². The number of ketones is 1. The molecule has 0 fully saturated rings. The Morgan fingerprint density at radius 2 is 1.91 bits per heavy atom. The van der Waals surface area contributed by atoms with Crippen LogP contribution < -0.4 is 0 Å². The van der Waals surface area contributed by atoms with Crippen molar-refractivity contribution in [3.05, 3.63) is 80.4 Å². The van der Waals surface area contributed by atoms with E-state index < -0.39 is 22.3 Å². The number of nitro benzene ring substituents is 1. The molecule has 7 heteroatoms. The number of rotatable bonds is 4. The third-order valence-electron chi connectivity index (χ3n) is 2.80. The predicted molar refractivity (Wildman–Crippen MR) is 77.8 cm³/mol. The van der Waals surface area contributed by atoms with Crippen LogP contribution in [0.15, 0.2) is 42.5 Å². The zero-order valence-corrected chi connectivity index (χ0v) is 11.7. The summed E-state index contributed by atoms with van der Waals surface area (Å²) < 4.78 is 26.2. The fourth-order valence-corrected chi connectivity index (χ4v) is 1.90. The van der Waals surface area contributed by atoms with E-state index in [1.54, 1.807) is 0 Å². The number of hydrogen-bond donors (Lipinski definition) is 0. The Morgan fingerprint density at radius 3 is 2.55 bits per heavy atom. The molecule has 4 nitrogen and oxygen atoms in total. The number of nitrogens with zero attached hydrogens (tertiary/aromatic N) is 1. The molecule has 0 aliphatic rings. The van der Waals surface area contributed by atoms with Gasteiger partial charge in [0, 0.05) is 23.2 Å². The van der Waals surface area contributed by atoms with Crippen LogP contribution in [-0.4, -0.2) is 10.7 Å². The maximum Gasteiger partial charge on any atom is 0.270 e. The lowest BCUT2D eigenvalue weighted by molar-refractivity contribution is -0.384. The molecule has 0 N–H and O–H groups in total. The molecule has 0 spiro atoms. The molecule has 0 saturated heterocycles. The smallest absolute Gasteiger partial charge is 0.270 e. The first-order valence-corrected chi connectivity index (χ1v) is 6.37. The van der Waals surface area contributed by atoms with Gasteiger partial charge in [-0.1, -0.05) is 11.6 Å². The minimum Gasteiger partial charge on any atom is -0.289 e. The fraction of sp³-hybridized carbons (Fsp3) is 0. The number of benzene rings is 2. The topological polar surface area (TPSA) is 60.2 Å². The van der Waals surface area contributed by atoms with Gasteiger partial charge in [0.2, 0.25) is 0 Å². The number of allylic oxidation sites excluding steroid dienone is 1. The van der Waals surface area contributed by atoms with Gasteiger partial charge in [-0.2, -0.15) is 0 Å². The minimum absolute atomic E-state index is 0.190. The molecule has 2 aromatic rings. The molecule has 0 aliphatic heterocycles. The van der Waals surface area contributed by atoms with Gasteiger partial charge >= 0.3 is 0 Å². The highest BCUT2D eigenvalue weighted by Crippen LogP contribution is 2.23. The Balaban J connectivity index is 2.30. The van der Waals surface area contributed by atoms with Crippen LogP contribution in [0.1, 0.15) is 15.9 Å². The molecule has 0 aromatic heterocycles. The molecule has 0 unspecified atom stereocenters. The highest BCUT2D eigenvalue weighted by molar-refractivity contribution is 6.32. The molecule has 0 saturated carbocycles. The van der Waals surface area contributed by atoms with Crippen LogP contribution in [0.3, 0.4) is 0 Å². The average molecular weight is 324 g/mol. The van der Waals surface area contributed by atoms with E-state index in [4.69, 9.17) is 11.6 Å². The summed E-state index contributed by atoms with van der Waals surface area (Å²) in [6, 6.07) is 6.31. The first-order chi connectivity index (χ1) is 10.4. The fourth-order valence-electron chi connectivity index (χ4n) is 1.72. The highest BCUT2D eigenvalue weighted by atomic mass is 35.5. The number of hydrogen-bond acceptors (Lipinski definition) is 3. The number of non-ortho nitro benzene ring substituents is 1. The second-order valence-corrected chi connectivity index (χ2v) is 4.69. The van der Waals surface area contributed by atoms with Gasteiger partial charge in [-0.25, -0.2) is 8.78 Å². The lowest BCUT2D eigenvalue weighted by atomic mass is 10.1. The first-order valence-electron chi connectivity index (χ1n) is 6.00. The van der Waals surface area contributed by atoms with E-state index in [2.05, 4.69) is 0 Å². The van der Waals surface area contributed by atoms with Crippen molar-refractivity contribution in [2.45, 2.75) is 0 Å². The molecule has 22 heavy (non-hydrogen) atoms. The van der Waals surface area contributed by atoms with Crippen LogP contribution >= 0.6 is 11.6 Å². The summed E-state index contributed by atoms with van der Waals surface area (Å²) in [6.45, 7) is 0. The van der Waals surface area contributed by atoms with Crippen molar-refractivity contribution in [3.8, 4) is 0 Å². The summed E-state index contributed by atoms with van der Waals surface area (Å²) >= 11 is 5.87. The van der Waals surface area contributed by atoms with Crippen LogP contribution in [0.4, 0.5) is 14.5 Å². The summed E-state index contributed by atoms with van der Waals surface area (Å²) in [5.41, 5.74) is -0.254. The number of carbonyl (C=O) groups excluding carboxylic acids is 1. The monoisotopic (exact) mass is 323 g/mol. The molecule has 0 aliphatic carbocycles. The maximum atomic E-state index is 13.5. The van der Waals surface area contributed by atoms with Crippen molar-refractivity contribution in [2.75, 3.05) is 0 Å². The van der Waals surface area contributed by atoms with Crippen LogP contribution in [0.5, 0.6) is 0 Å². The van der Waals surface area contributed by atoms with Crippen molar-refractivity contribution in [3.63, 3.8) is 0 Å². The molecular formula is C15H8ClF2NO3. The van der Waals surface area contributed by atoms with Gasteiger partial charge in [0.25, 0.3) is 5.69 Å². The third-order valence-corrected chi connectivity index (χ3v) is 3.15. The van der Waals surface area contributed by atoms with E-state index in [9.17, 15) is 23.7 Å². The molecular weight excluding hydrogens is 316 g/mol. The quantitative estimate of drug-likeness (QED) is 0.362. The SMILES string of the molecule is O=C(/C=C/c1cc([N+](=O)[O-])ccc1Cl)c1ccc(F)cc1F. The molecule has 0 radical (unpaired) electrons. The second-order valence-electron chi connectivity index (χ2n) is 4.28. The van der Waals surface area contributed by atoms with E-state index in [-0.39, 0.29) is 21.8 Å². The van der Waals surface area contributed by atoms with Crippen molar-refractivity contribution >= 4 is 29.1 Å². The average Bonchev–Trinajstić information content (AvgIpc) is 2.45. The molecule has 112 valence electrons. The summed E-state index contributed by atoms with van der Waals surface area (Å²) in [6.07, 6.45) is 2.25. The molecule has 2 aromatic carbocycles. The van der Waals surface area contributed by atoms with Crippen LogP contribution in [0.25, 0.3) is 6.08 Å². The molecule has 0 amide bonds. The zero-order valence-electron chi connectivity index (χ0n) is 10.9. The number of halogens is 3. The van der Waals surface area contributed by atoms with Crippen molar-refractivity contribution in [1.82, 2.24) is 0 Å².